The molecule has 2 aliphatic rings. The number of anilines is 1. The van der Waals surface area contributed by atoms with Crippen LogP contribution in [0.4, 0.5) is 10.1 Å². The van der Waals surface area contributed by atoms with Gasteiger partial charge in [0.05, 0.1) is 16.8 Å². The van der Waals surface area contributed by atoms with Gasteiger partial charge >= 0.3 is 0 Å². The fourth-order valence-electron chi connectivity index (χ4n) is 4.68. The first-order valence-corrected chi connectivity index (χ1v) is 10.5. The topological polar surface area (TPSA) is 60.2 Å². The molecule has 2 fully saturated rings. The number of piperidine rings is 2. The number of nitriles is 1. The van der Waals surface area contributed by atoms with Crippen molar-refractivity contribution in [2.45, 2.75) is 39.5 Å². The number of pyridine rings is 1. The van der Waals surface area contributed by atoms with Crippen molar-refractivity contribution in [3.05, 3.63) is 35.3 Å². The van der Waals surface area contributed by atoms with Crippen LogP contribution in [0, 0.1) is 35.9 Å². The molecule has 0 atom stereocenters. The van der Waals surface area contributed by atoms with Gasteiger partial charge in [-0.2, -0.15) is 5.26 Å². The van der Waals surface area contributed by atoms with Gasteiger partial charge in [-0.05, 0) is 56.2 Å². The van der Waals surface area contributed by atoms with Crippen LogP contribution >= 0.6 is 0 Å². The molecule has 2 aromatic rings. The van der Waals surface area contributed by atoms with Crippen molar-refractivity contribution >= 4 is 22.5 Å². The van der Waals surface area contributed by atoms with Gasteiger partial charge in [-0.15, -0.1) is 0 Å². The van der Waals surface area contributed by atoms with Crippen LogP contribution in [-0.4, -0.2) is 42.0 Å². The first kappa shape index (κ1) is 19.6. The molecule has 1 aromatic heterocycles. The van der Waals surface area contributed by atoms with E-state index in [0.717, 1.165) is 55.5 Å². The SMILES string of the molecule is Cc1cc(F)cc2c(N3CCC(C(=O)N4CCC(C)CC4)CC3)c(C#N)cnc12. The quantitative estimate of drug-likeness (QED) is 0.772. The monoisotopic (exact) mass is 394 g/mol. The molecular formula is C23H27FN4O. The summed E-state index contributed by atoms with van der Waals surface area (Å²) < 4.78 is 14.1. The highest BCUT2D eigenvalue weighted by Crippen LogP contribution is 2.34. The summed E-state index contributed by atoms with van der Waals surface area (Å²) >= 11 is 0. The number of hydrogen-bond donors (Lipinski definition) is 0. The second-order valence-corrected chi connectivity index (χ2v) is 8.52. The van der Waals surface area contributed by atoms with Gasteiger partial charge in [0, 0.05) is 43.7 Å². The van der Waals surface area contributed by atoms with Crippen LogP contribution in [0.2, 0.25) is 0 Å². The Morgan fingerprint density at radius 3 is 2.52 bits per heavy atom. The van der Waals surface area contributed by atoms with Gasteiger partial charge in [0.2, 0.25) is 5.91 Å². The fourth-order valence-corrected chi connectivity index (χ4v) is 4.68. The van der Waals surface area contributed by atoms with Crippen LogP contribution in [0.15, 0.2) is 18.3 Å². The molecule has 0 aliphatic carbocycles. The molecule has 2 saturated heterocycles. The molecule has 3 heterocycles. The van der Waals surface area contributed by atoms with Gasteiger partial charge in [0.25, 0.3) is 0 Å². The molecule has 4 rings (SSSR count). The van der Waals surface area contributed by atoms with Crippen molar-refractivity contribution in [2.24, 2.45) is 11.8 Å². The van der Waals surface area contributed by atoms with Gasteiger partial charge < -0.3 is 9.80 Å². The number of halogens is 1. The van der Waals surface area contributed by atoms with Crippen molar-refractivity contribution < 1.29 is 9.18 Å². The van der Waals surface area contributed by atoms with Crippen molar-refractivity contribution in [2.75, 3.05) is 31.1 Å². The Kier molecular flexibility index (Phi) is 5.40. The maximum atomic E-state index is 14.1. The molecule has 152 valence electrons. The zero-order valence-electron chi connectivity index (χ0n) is 17.1. The molecule has 0 saturated carbocycles. The number of aromatic nitrogens is 1. The first-order chi connectivity index (χ1) is 14.0. The smallest absolute Gasteiger partial charge is 0.225 e. The third-order valence-corrected chi connectivity index (χ3v) is 6.47. The lowest BCUT2D eigenvalue weighted by Gasteiger charge is -2.38. The lowest BCUT2D eigenvalue weighted by atomic mass is 9.92. The van der Waals surface area contributed by atoms with E-state index >= 15 is 0 Å². The molecular weight excluding hydrogens is 367 g/mol. The third-order valence-electron chi connectivity index (χ3n) is 6.47. The first-order valence-electron chi connectivity index (χ1n) is 10.5. The van der Waals surface area contributed by atoms with E-state index in [9.17, 15) is 14.4 Å². The zero-order valence-corrected chi connectivity index (χ0v) is 17.1. The van der Waals surface area contributed by atoms with Crippen LogP contribution in [0.25, 0.3) is 10.9 Å². The van der Waals surface area contributed by atoms with Crippen molar-refractivity contribution in [1.82, 2.24) is 9.88 Å². The number of hydrogen-bond acceptors (Lipinski definition) is 4. The van der Waals surface area contributed by atoms with E-state index in [4.69, 9.17) is 0 Å². The number of nitrogens with zero attached hydrogens (tertiary/aromatic N) is 4. The molecule has 6 heteroatoms. The maximum Gasteiger partial charge on any atom is 0.225 e. The maximum absolute atomic E-state index is 14.1. The van der Waals surface area contributed by atoms with Gasteiger partial charge in [0.15, 0.2) is 0 Å². The van der Waals surface area contributed by atoms with Gasteiger partial charge in [-0.3, -0.25) is 9.78 Å². The van der Waals surface area contributed by atoms with Gasteiger partial charge in [0.1, 0.15) is 11.9 Å². The normalized spacial score (nSPS) is 18.8. The average molecular weight is 394 g/mol. The molecule has 2 aliphatic heterocycles. The number of fused-ring (bicyclic) bond motifs is 1. The zero-order chi connectivity index (χ0) is 20.5. The highest BCUT2D eigenvalue weighted by atomic mass is 19.1. The summed E-state index contributed by atoms with van der Waals surface area (Å²) in [7, 11) is 0. The molecule has 0 spiro atoms. The van der Waals surface area contributed by atoms with Gasteiger partial charge in [-0.25, -0.2) is 4.39 Å². The van der Waals surface area contributed by atoms with E-state index in [-0.39, 0.29) is 17.6 Å². The Bertz CT molecular complexity index is 967. The lowest BCUT2D eigenvalue weighted by Crippen LogP contribution is -2.45. The van der Waals surface area contributed by atoms with E-state index in [1.165, 1.54) is 12.1 Å². The number of rotatable bonds is 2. The van der Waals surface area contributed by atoms with Crippen LogP contribution in [0.3, 0.4) is 0 Å². The summed E-state index contributed by atoms with van der Waals surface area (Å²) in [4.78, 5) is 21.5. The summed E-state index contributed by atoms with van der Waals surface area (Å²) in [6.07, 6.45) is 5.27. The second-order valence-electron chi connectivity index (χ2n) is 8.52. The Morgan fingerprint density at radius 2 is 1.86 bits per heavy atom. The number of benzene rings is 1. The minimum atomic E-state index is -0.322. The predicted octanol–water partition coefficient (Wildman–Crippen LogP) is 4.03. The average Bonchev–Trinajstić information content (AvgIpc) is 2.73. The number of likely N-dealkylation sites (tertiary alicyclic amines) is 1. The van der Waals surface area contributed by atoms with E-state index in [1.807, 2.05) is 11.8 Å². The summed E-state index contributed by atoms with van der Waals surface area (Å²) in [5, 5.41) is 10.3. The van der Waals surface area contributed by atoms with Gasteiger partial charge in [-0.1, -0.05) is 6.92 Å². The Balaban J connectivity index is 1.55. The summed E-state index contributed by atoms with van der Waals surface area (Å²) in [5.41, 5.74) is 2.69. The highest BCUT2D eigenvalue weighted by molar-refractivity contribution is 5.96. The summed E-state index contributed by atoms with van der Waals surface area (Å²) in [5.74, 6) is 0.696. The lowest BCUT2D eigenvalue weighted by molar-refractivity contribution is -0.137. The van der Waals surface area contributed by atoms with Crippen molar-refractivity contribution in [1.29, 1.82) is 5.26 Å². The van der Waals surface area contributed by atoms with E-state index in [0.29, 0.717) is 30.0 Å². The number of amides is 1. The molecule has 0 N–H and O–H groups in total. The molecule has 5 nitrogen and oxygen atoms in total. The minimum Gasteiger partial charge on any atom is -0.370 e. The number of aryl methyl sites for hydroxylation is 1. The van der Waals surface area contributed by atoms with Crippen LogP contribution in [0.1, 0.15) is 43.7 Å². The fraction of sp³-hybridized carbons (Fsp3) is 0.522. The van der Waals surface area contributed by atoms with Crippen LogP contribution in [0.5, 0.6) is 0 Å². The summed E-state index contributed by atoms with van der Waals surface area (Å²) in [6.45, 7) is 7.18. The molecule has 0 unspecified atom stereocenters. The summed E-state index contributed by atoms with van der Waals surface area (Å²) in [6, 6.07) is 5.15. The minimum absolute atomic E-state index is 0.0387. The molecule has 0 radical (unpaired) electrons. The molecule has 0 bridgehead atoms. The standard InChI is InChI=1S/C23H27FN4O/c1-15-3-7-28(8-4-15)23(29)17-5-9-27(10-6-17)22-18(13-25)14-26-21-16(2)11-19(24)12-20(21)22/h11-12,14-15,17H,3-10H2,1-2H3. The van der Waals surface area contributed by atoms with E-state index < -0.39 is 0 Å². The number of carbonyl (C=O) groups is 1. The molecule has 1 amide bonds. The van der Waals surface area contributed by atoms with E-state index in [1.54, 1.807) is 6.20 Å². The Morgan fingerprint density at radius 1 is 1.17 bits per heavy atom. The predicted molar refractivity (Wildman–Crippen MR) is 111 cm³/mol. The van der Waals surface area contributed by atoms with Crippen molar-refractivity contribution in [3.63, 3.8) is 0 Å². The van der Waals surface area contributed by atoms with Crippen LogP contribution < -0.4 is 4.90 Å². The van der Waals surface area contributed by atoms with Crippen LogP contribution in [-0.2, 0) is 4.79 Å². The Hall–Kier alpha value is -2.68. The number of carbonyl (C=O) groups excluding carboxylic acids is 1. The second kappa shape index (κ2) is 7.98. The molecule has 29 heavy (non-hydrogen) atoms. The molecule has 1 aromatic carbocycles. The highest BCUT2D eigenvalue weighted by Gasteiger charge is 2.31. The third kappa shape index (κ3) is 3.78. The Labute approximate surface area is 171 Å². The largest absolute Gasteiger partial charge is 0.370 e. The van der Waals surface area contributed by atoms with E-state index in [2.05, 4.69) is 22.9 Å². The van der Waals surface area contributed by atoms with Crippen molar-refractivity contribution in [3.8, 4) is 6.07 Å².